The van der Waals surface area contributed by atoms with Crippen LogP contribution in [0.3, 0.4) is 0 Å². The van der Waals surface area contributed by atoms with E-state index in [4.69, 9.17) is 0 Å². The minimum absolute atomic E-state index is 0.262. The number of benzene rings is 8. The zero-order chi connectivity index (χ0) is 32.5. The van der Waals surface area contributed by atoms with E-state index in [2.05, 4.69) is 170 Å². The summed E-state index contributed by atoms with van der Waals surface area (Å²) in [5, 5.41) is 38.2. The van der Waals surface area contributed by atoms with Crippen LogP contribution in [0.25, 0.3) is 43.1 Å². The van der Waals surface area contributed by atoms with Gasteiger partial charge in [-0.15, -0.1) is 0 Å². The predicted molar refractivity (Wildman–Crippen MR) is 210 cm³/mol. The molecule has 0 saturated carbocycles. The lowest BCUT2D eigenvalue weighted by Crippen LogP contribution is -2.36. The molecule has 0 amide bonds. The van der Waals surface area contributed by atoms with Gasteiger partial charge in [0, 0.05) is 12.6 Å². The number of rotatable bonds is 9. The van der Waals surface area contributed by atoms with E-state index in [1.807, 2.05) is 0 Å². The first-order chi connectivity index (χ1) is 23.5. The SMILES string of the molecule is OC(O)(CCP(c1ccc2ccccc2c1)c1ccc2ccccc2c1)CP(c1ccc2ccccc2c1)c1ccc2ccccc2c1. The fraction of sp³-hybridized carbons (Fsp3) is 0.0909. The van der Waals surface area contributed by atoms with Gasteiger partial charge in [-0.2, -0.15) is 0 Å². The van der Waals surface area contributed by atoms with Gasteiger partial charge in [-0.1, -0.05) is 146 Å². The zero-order valence-corrected chi connectivity index (χ0v) is 28.4. The quantitative estimate of drug-likeness (QED) is 0.120. The molecule has 8 rings (SSSR count). The van der Waals surface area contributed by atoms with Gasteiger partial charge >= 0.3 is 0 Å². The summed E-state index contributed by atoms with van der Waals surface area (Å²) in [6.07, 6.45) is 1.20. The number of fused-ring (bicyclic) bond motifs is 4. The van der Waals surface area contributed by atoms with Gasteiger partial charge < -0.3 is 10.2 Å². The standard InChI is InChI=1S/C44H36O2P2/c45-44(46,31-48(42-23-19-34-11-3-7-15-38(34)29-42)43-24-20-35-12-4-8-16-39(35)30-43)25-26-47(40-21-17-32-9-1-5-13-36(32)27-40)41-22-18-33-10-2-6-14-37(33)28-41/h1-24,27-30,45-46H,25-26,31H2. The third kappa shape index (κ3) is 6.51. The van der Waals surface area contributed by atoms with Crippen LogP contribution in [0, 0.1) is 0 Å². The highest BCUT2D eigenvalue weighted by atomic mass is 31.1. The maximum atomic E-state index is 11.9. The Bertz CT molecular complexity index is 2240. The highest BCUT2D eigenvalue weighted by molar-refractivity contribution is 7.73. The second kappa shape index (κ2) is 13.2. The maximum Gasteiger partial charge on any atom is 0.167 e. The van der Waals surface area contributed by atoms with Crippen molar-refractivity contribution in [2.24, 2.45) is 0 Å². The molecule has 0 aliphatic rings. The van der Waals surface area contributed by atoms with E-state index < -0.39 is 21.6 Å². The topological polar surface area (TPSA) is 40.5 Å². The van der Waals surface area contributed by atoms with Crippen LogP contribution in [0.1, 0.15) is 6.42 Å². The number of aliphatic hydroxyl groups is 2. The molecule has 0 aliphatic heterocycles. The summed E-state index contributed by atoms with van der Waals surface area (Å²) in [5.74, 6) is -1.85. The molecule has 0 fully saturated rings. The normalized spacial score (nSPS) is 12.2. The van der Waals surface area contributed by atoms with Gasteiger partial charge in [0.2, 0.25) is 0 Å². The Hall–Kier alpha value is -4.42. The Morgan fingerprint density at radius 2 is 0.646 bits per heavy atom. The first-order valence-corrected chi connectivity index (χ1v) is 19.5. The fourth-order valence-electron chi connectivity index (χ4n) is 6.74. The van der Waals surface area contributed by atoms with Crippen molar-refractivity contribution in [3.63, 3.8) is 0 Å². The molecule has 0 aliphatic carbocycles. The van der Waals surface area contributed by atoms with E-state index in [0.29, 0.717) is 6.16 Å². The molecule has 0 heterocycles. The Morgan fingerprint density at radius 3 is 0.979 bits per heavy atom. The molecule has 0 atom stereocenters. The first kappa shape index (κ1) is 30.9. The Kier molecular flexibility index (Phi) is 8.52. The maximum absolute atomic E-state index is 11.9. The molecule has 0 bridgehead atoms. The average Bonchev–Trinajstić information content (AvgIpc) is 3.13. The Labute approximate surface area is 283 Å². The van der Waals surface area contributed by atoms with Crippen LogP contribution in [0.15, 0.2) is 170 Å². The van der Waals surface area contributed by atoms with Gasteiger partial charge in [-0.05, 0) is 111 Å². The molecule has 0 saturated heterocycles. The van der Waals surface area contributed by atoms with Gasteiger partial charge in [-0.3, -0.25) is 0 Å². The minimum Gasteiger partial charge on any atom is -0.365 e. The molecule has 0 aromatic heterocycles. The van der Waals surface area contributed by atoms with Crippen LogP contribution < -0.4 is 21.2 Å². The molecule has 234 valence electrons. The second-order valence-electron chi connectivity index (χ2n) is 12.6. The fourth-order valence-corrected chi connectivity index (χ4v) is 11.7. The lowest BCUT2D eigenvalue weighted by atomic mass is 10.1. The molecule has 0 unspecified atom stereocenters. The number of hydrogen-bond acceptors (Lipinski definition) is 2. The van der Waals surface area contributed by atoms with Crippen molar-refractivity contribution in [2.75, 3.05) is 12.3 Å². The Balaban J connectivity index is 1.15. The summed E-state index contributed by atoms with van der Waals surface area (Å²) in [4.78, 5) is 0. The van der Waals surface area contributed by atoms with Crippen LogP contribution >= 0.6 is 15.8 Å². The van der Waals surface area contributed by atoms with Crippen LogP contribution in [0.4, 0.5) is 0 Å². The van der Waals surface area contributed by atoms with E-state index in [-0.39, 0.29) is 12.6 Å². The zero-order valence-electron chi connectivity index (χ0n) is 26.6. The minimum atomic E-state index is -1.85. The lowest BCUT2D eigenvalue weighted by molar-refractivity contribution is -0.141. The summed E-state index contributed by atoms with van der Waals surface area (Å²) in [5.41, 5.74) is 0. The molecule has 4 heteroatoms. The largest absolute Gasteiger partial charge is 0.365 e. The summed E-state index contributed by atoms with van der Waals surface area (Å²) in [7, 11) is -1.92. The van der Waals surface area contributed by atoms with Gasteiger partial charge in [-0.25, -0.2) is 0 Å². The van der Waals surface area contributed by atoms with Gasteiger partial charge in [0.1, 0.15) is 0 Å². The highest BCUT2D eigenvalue weighted by Crippen LogP contribution is 2.42. The average molecular weight is 659 g/mol. The van der Waals surface area contributed by atoms with E-state index in [1.165, 1.54) is 53.7 Å². The van der Waals surface area contributed by atoms with Crippen molar-refractivity contribution in [3.8, 4) is 0 Å². The van der Waals surface area contributed by atoms with Crippen molar-refractivity contribution in [1.29, 1.82) is 0 Å². The van der Waals surface area contributed by atoms with E-state index in [1.54, 1.807) is 0 Å². The molecule has 48 heavy (non-hydrogen) atoms. The molecule has 2 nitrogen and oxygen atoms in total. The Morgan fingerprint density at radius 1 is 0.354 bits per heavy atom. The molecule has 0 radical (unpaired) electrons. The molecule has 8 aromatic carbocycles. The number of hydrogen-bond donors (Lipinski definition) is 2. The second-order valence-corrected chi connectivity index (χ2v) is 17.1. The van der Waals surface area contributed by atoms with Crippen LogP contribution in [-0.4, -0.2) is 28.3 Å². The molecule has 8 aromatic rings. The van der Waals surface area contributed by atoms with Crippen LogP contribution in [0.5, 0.6) is 0 Å². The molecule has 0 spiro atoms. The summed E-state index contributed by atoms with van der Waals surface area (Å²) in [6, 6.07) is 60.3. The third-order valence-corrected chi connectivity index (χ3v) is 14.4. The monoisotopic (exact) mass is 658 g/mol. The first-order valence-electron chi connectivity index (χ1n) is 16.4. The smallest absolute Gasteiger partial charge is 0.167 e. The summed E-state index contributed by atoms with van der Waals surface area (Å²) < 4.78 is 0. The molecular formula is C44H36O2P2. The predicted octanol–water partition coefficient (Wildman–Crippen LogP) is 8.94. The van der Waals surface area contributed by atoms with Crippen molar-refractivity contribution >= 4 is 80.2 Å². The molecular weight excluding hydrogens is 622 g/mol. The third-order valence-electron chi connectivity index (χ3n) is 9.33. The van der Waals surface area contributed by atoms with Crippen LogP contribution in [0.2, 0.25) is 0 Å². The van der Waals surface area contributed by atoms with Gasteiger partial charge in [0.15, 0.2) is 5.79 Å². The van der Waals surface area contributed by atoms with Crippen molar-refractivity contribution in [1.82, 2.24) is 0 Å². The van der Waals surface area contributed by atoms with Gasteiger partial charge in [0.25, 0.3) is 0 Å². The molecule has 2 N–H and O–H groups in total. The van der Waals surface area contributed by atoms with Crippen molar-refractivity contribution in [3.05, 3.63) is 170 Å². The van der Waals surface area contributed by atoms with Crippen LogP contribution in [-0.2, 0) is 0 Å². The van der Waals surface area contributed by atoms with Gasteiger partial charge in [0.05, 0.1) is 0 Å². The van der Waals surface area contributed by atoms with Crippen molar-refractivity contribution < 1.29 is 10.2 Å². The summed E-state index contributed by atoms with van der Waals surface area (Å²) in [6.45, 7) is 0. The lowest BCUT2D eigenvalue weighted by Gasteiger charge is -2.30. The van der Waals surface area contributed by atoms with E-state index >= 15 is 0 Å². The van der Waals surface area contributed by atoms with Crippen molar-refractivity contribution in [2.45, 2.75) is 12.2 Å². The van der Waals surface area contributed by atoms with E-state index in [9.17, 15) is 10.2 Å². The van der Waals surface area contributed by atoms with E-state index in [0.717, 1.165) is 10.6 Å². The highest BCUT2D eigenvalue weighted by Gasteiger charge is 2.31. The summed E-state index contributed by atoms with van der Waals surface area (Å²) >= 11 is 0.